The van der Waals surface area contributed by atoms with Crippen molar-refractivity contribution in [1.82, 2.24) is 4.98 Å². The maximum Gasteiger partial charge on any atom is 0.252 e. The summed E-state index contributed by atoms with van der Waals surface area (Å²) in [5.74, 6) is 0.174. The smallest absolute Gasteiger partial charge is 0.252 e. The van der Waals surface area contributed by atoms with Crippen molar-refractivity contribution < 1.29 is 4.79 Å². The minimum absolute atomic E-state index is 0.452. The molecule has 5 nitrogen and oxygen atoms in total. The van der Waals surface area contributed by atoms with E-state index in [0.717, 1.165) is 23.4 Å². The largest absolute Gasteiger partial charge is 0.399 e. The quantitative estimate of drug-likeness (QED) is 0.823. The molecule has 1 aromatic heterocycles. The molecule has 0 saturated heterocycles. The van der Waals surface area contributed by atoms with E-state index in [4.69, 9.17) is 11.5 Å². The summed E-state index contributed by atoms with van der Waals surface area (Å²) in [6.07, 6.45) is 1.70. The third-order valence-electron chi connectivity index (χ3n) is 3.42. The van der Waals surface area contributed by atoms with Gasteiger partial charge in [0.15, 0.2) is 0 Å². The molecule has 0 aliphatic heterocycles. The number of amides is 1. The lowest BCUT2D eigenvalue weighted by molar-refractivity contribution is 0.1000. The number of nitrogen functional groups attached to an aromatic ring is 1. The highest BCUT2D eigenvalue weighted by Crippen LogP contribution is 2.22. The first-order chi connectivity index (χ1) is 10.0. The van der Waals surface area contributed by atoms with Crippen LogP contribution < -0.4 is 16.4 Å². The van der Waals surface area contributed by atoms with E-state index in [9.17, 15) is 4.79 Å². The Morgan fingerprint density at radius 3 is 2.48 bits per heavy atom. The monoisotopic (exact) mass is 284 g/mol. The van der Waals surface area contributed by atoms with Gasteiger partial charge in [-0.05, 0) is 43.2 Å². The van der Waals surface area contributed by atoms with Gasteiger partial charge in [0.1, 0.15) is 5.82 Å². The number of primary amides is 1. The SMILES string of the molecule is CCN(Cc1ccc(N)cc1)c1nccc(C)c1C(N)=O. The van der Waals surface area contributed by atoms with Gasteiger partial charge in [0, 0.05) is 25.0 Å². The van der Waals surface area contributed by atoms with Crippen LogP contribution in [0.4, 0.5) is 11.5 Å². The summed E-state index contributed by atoms with van der Waals surface area (Å²) in [5.41, 5.74) is 14.3. The van der Waals surface area contributed by atoms with E-state index in [-0.39, 0.29) is 0 Å². The number of carbonyl (C=O) groups is 1. The number of benzene rings is 1. The number of nitrogens with two attached hydrogens (primary N) is 2. The Balaban J connectivity index is 2.35. The first-order valence-corrected chi connectivity index (χ1v) is 6.87. The molecule has 1 heterocycles. The summed E-state index contributed by atoms with van der Waals surface area (Å²) < 4.78 is 0. The second kappa shape index (κ2) is 6.26. The molecular weight excluding hydrogens is 264 g/mol. The summed E-state index contributed by atoms with van der Waals surface area (Å²) >= 11 is 0. The Labute approximate surface area is 124 Å². The molecule has 4 N–H and O–H groups in total. The van der Waals surface area contributed by atoms with Crippen LogP contribution in [0.2, 0.25) is 0 Å². The van der Waals surface area contributed by atoms with Crippen molar-refractivity contribution in [2.45, 2.75) is 20.4 Å². The van der Waals surface area contributed by atoms with Crippen LogP contribution in [0.25, 0.3) is 0 Å². The normalized spacial score (nSPS) is 10.4. The van der Waals surface area contributed by atoms with Crippen molar-refractivity contribution in [2.24, 2.45) is 5.73 Å². The van der Waals surface area contributed by atoms with Crippen LogP contribution >= 0.6 is 0 Å². The molecule has 0 bridgehead atoms. The number of rotatable bonds is 5. The maximum absolute atomic E-state index is 11.7. The standard InChI is InChI=1S/C16H20N4O/c1-3-20(10-12-4-6-13(17)7-5-12)16-14(15(18)21)11(2)8-9-19-16/h4-9H,3,10,17H2,1-2H3,(H2,18,21). The maximum atomic E-state index is 11.7. The Morgan fingerprint density at radius 1 is 1.24 bits per heavy atom. The number of hydrogen-bond donors (Lipinski definition) is 2. The molecule has 0 aliphatic carbocycles. The van der Waals surface area contributed by atoms with Crippen LogP contribution in [0.5, 0.6) is 0 Å². The highest BCUT2D eigenvalue weighted by atomic mass is 16.1. The zero-order valence-electron chi connectivity index (χ0n) is 12.3. The second-order valence-corrected chi connectivity index (χ2v) is 4.95. The molecule has 2 aromatic rings. The third kappa shape index (κ3) is 3.31. The number of anilines is 2. The van der Waals surface area contributed by atoms with Crippen LogP contribution in [-0.4, -0.2) is 17.4 Å². The molecule has 0 spiro atoms. The predicted molar refractivity (Wildman–Crippen MR) is 85.1 cm³/mol. The molecule has 5 heteroatoms. The van der Waals surface area contributed by atoms with Gasteiger partial charge in [-0.3, -0.25) is 4.79 Å². The van der Waals surface area contributed by atoms with Gasteiger partial charge < -0.3 is 16.4 Å². The molecule has 0 saturated carbocycles. The number of aromatic nitrogens is 1. The minimum atomic E-state index is -0.452. The third-order valence-corrected chi connectivity index (χ3v) is 3.42. The average molecular weight is 284 g/mol. The fourth-order valence-electron chi connectivity index (χ4n) is 2.27. The molecule has 0 unspecified atom stereocenters. The molecular formula is C16H20N4O. The molecule has 0 radical (unpaired) electrons. The van der Waals surface area contributed by atoms with Crippen molar-refractivity contribution in [2.75, 3.05) is 17.2 Å². The first kappa shape index (κ1) is 14.8. The zero-order chi connectivity index (χ0) is 15.4. The molecule has 1 amide bonds. The number of carbonyl (C=O) groups excluding carboxylic acids is 1. The van der Waals surface area contributed by atoms with E-state index in [1.165, 1.54) is 0 Å². The van der Waals surface area contributed by atoms with Crippen molar-refractivity contribution in [1.29, 1.82) is 0 Å². The molecule has 110 valence electrons. The lowest BCUT2D eigenvalue weighted by atomic mass is 10.1. The molecule has 0 fully saturated rings. The average Bonchev–Trinajstić information content (AvgIpc) is 2.46. The minimum Gasteiger partial charge on any atom is -0.399 e. The summed E-state index contributed by atoms with van der Waals surface area (Å²) in [7, 11) is 0. The van der Waals surface area contributed by atoms with E-state index in [1.54, 1.807) is 12.3 Å². The summed E-state index contributed by atoms with van der Waals surface area (Å²) in [4.78, 5) is 18.1. The number of aryl methyl sites for hydroxylation is 1. The first-order valence-electron chi connectivity index (χ1n) is 6.87. The van der Waals surface area contributed by atoms with Crippen molar-refractivity contribution in [3.8, 4) is 0 Å². The van der Waals surface area contributed by atoms with Crippen LogP contribution in [0, 0.1) is 6.92 Å². The topological polar surface area (TPSA) is 85.2 Å². The summed E-state index contributed by atoms with van der Waals surface area (Å²) in [6.45, 7) is 5.25. The van der Waals surface area contributed by atoms with E-state index in [0.29, 0.717) is 17.9 Å². The summed E-state index contributed by atoms with van der Waals surface area (Å²) in [5, 5.41) is 0. The van der Waals surface area contributed by atoms with Gasteiger partial charge >= 0.3 is 0 Å². The Morgan fingerprint density at radius 2 is 1.90 bits per heavy atom. The van der Waals surface area contributed by atoms with Crippen LogP contribution in [0.1, 0.15) is 28.4 Å². The van der Waals surface area contributed by atoms with Gasteiger partial charge in [0.25, 0.3) is 5.91 Å². The lowest BCUT2D eigenvalue weighted by Gasteiger charge is -2.24. The van der Waals surface area contributed by atoms with Gasteiger partial charge in [-0.25, -0.2) is 4.98 Å². The summed E-state index contributed by atoms with van der Waals surface area (Å²) in [6, 6.07) is 9.46. The highest BCUT2D eigenvalue weighted by Gasteiger charge is 2.17. The zero-order valence-corrected chi connectivity index (χ0v) is 12.3. The van der Waals surface area contributed by atoms with Gasteiger partial charge in [-0.2, -0.15) is 0 Å². The van der Waals surface area contributed by atoms with E-state index >= 15 is 0 Å². The molecule has 21 heavy (non-hydrogen) atoms. The van der Waals surface area contributed by atoms with E-state index < -0.39 is 5.91 Å². The van der Waals surface area contributed by atoms with Gasteiger partial charge in [-0.15, -0.1) is 0 Å². The van der Waals surface area contributed by atoms with Gasteiger partial charge in [0.2, 0.25) is 0 Å². The van der Waals surface area contributed by atoms with E-state index in [2.05, 4.69) is 4.98 Å². The highest BCUT2D eigenvalue weighted by molar-refractivity contribution is 5.99. The Bertz CT molecular complexity index is 637. The number of hydrogen-bond acceptors (Lipinski definition) is 4. The van der Waals surface area contributed by atoms with Crippen LogP contribution in [0.3, 0.4) is 0 Å². The van der Waals surface area contributed by atoms with Gasteiger partial charge in [0.05, 0.1) is 5.56 Å². The Hall–Kier alpha value is -2.56. The predicted octanol–water partition coefficient (Wildman–Crippen LogP) is 2.10. The van der Waals surface area contributed by atoms with Crippen molar-refractivity contribution in [3.63, 3.8) is 0 Å². The van der Waals surface area contributed by atoms with Crippen molar-refractivity contribution in [3.05, 3.63) is 53.2 Å². The molecule has 0 aliphatic rings. The molecule has 2 rings (SSSR count). The fourth-order valence-corrected chi connectivity index (χ4v) is 2.27. The lowest BCUT2D eigenvalue weighted by Crippen LogP contribution is -2.27. The van der Waals surface area contributed by atoms with Crippen molar-refractivity contribution >= 4 is 17.4 Å². The Kier molecular flexibility index (Phi) is 4.42. The van der Waals surface area contributed by atoms with Crippen LogP contribution in [0.15, 0.2) is 36.5 Å². The number of nitrogens with zero attached hydrogens (tertiary/aromatic N) is 2. The van der Waals surface area contributed by atoms with E-state index in [1.807, 2.05) is 43.0 Å². The van der Waals surface area contributed by atoms with Gasteiger partial charge in [-0.1, -0.05) is 12.1 Å². The second-order valence-electron chi connectivity index (χ2n) is 4.95. The van der Waals surface area contributed by atoms with Crippen LogP contribution in [-0.2, 0) is 6.54 Å². The molecule has 1 aromatic carbocycles. The molecule has 0 atom stereocenters. The fraction of sp³-hybridized carbons (Fsp3) is 0.250. The number of pyridine rings is 1.